The van der Waals surface area contributed by atoms with Crippen LogP contribution in [-0.4, -0.2) is 32.2 Å². The van der Waals surface area contributed by atoms with Crippen molar-refractivity contribution in [2.45, 2.75) is 32.0 Å². The van der Waals surface area contributed by atoms with Crippen LogP contribution in [0.3, 0.4) is 0 Å². The quantitative estimate of drug-likeness (QED) is 0.367. The van der Waals surface area contributed by atoms with Crippen LogP contribution in [0.1, 0.15) is 26.1 Å². The van der Waals surface area contributed by atoms with E-state index in [9.17, 15) is 4.79 Å². The van der Waals surface area contributed by atoms with E-state index in [1.165, 1.54) is 11.3 Å². The normalized spacial score (nSPS) is 11.5. The van der Waals surface area contributed by atoms with Crippen molar-refractivity contribution in [1.29, 1.82) is 0 Å². The van der Waals surface area contributed by atoms with Crippen LogP contribution in [0.5, 0.6) is 5.75 Å². The van der Waals surface area contributed by atoms with Crippen molar-refractivity contribution < 1.29 is 4.74 Å². The molecule has 0 saturated carbocycles. The van der Waals surface area contributed by atoms with Crippen LogP contribution in [0.15, 0.2) is 58.5 Å². The molecule has 0 spiro atoms. The van der Waals surface area contributed by atoms with Crippen molar-refractivity contribution in [2.24, 2.45) is 5.92 Å². The Kier molecular flexibility index (Phi) is 6.24. The Morgan fingerprint density at radius 1 is 1.10 bits per heavy atom. The molecule has 0 atom stereocenters. The van der Waals surface area contributed by atoms with E-state index in [-0.39, 0.29) is 4.87 Å². The highest BCUT2D eigenvalue weighted by Crippen LogP contribution is 2.26. The fourth-order valence-corrected chi connectivity index (χ4v) is 5.28. The summed E-state index contributed by atoms with van der Waals surface area (Å²) in [7, 11) is 1.65. The number of fused-ring (bicyclic) bond motifs is 1. The van der Waals surface area contributed by atoms with Crippen LogP contribution < -0.4 is 9.61 Å². The fourth-order valence-electron chi connectivity index (χ4n) is 3.18. The molecule has 0 unspecified atom stereocenters. The molecular weight excluding hydrogens is 416 g/mol. The number of nitrogens with zero attached hydrogens (tertiary/aromatic N) is 4. The van der Waals surface area contributed by atoms with Gasteiger partial charge in [0.05, 0.1) is 23.9 Å². The van der Waals surface area contributed by atoms with E-state index >= 15 is 0 Å². The zero-order chi connectivity index (χ0) is 21.1. The van der Waals surface area contributed by atoms with Crippen LogP contribution in [0, 0.1) is 5.92 Å². The Hall–Kier alpha value is -2.58. The Balaban J connectivity index is 1.73. The summed E-state index contributed by atoms with van der Waals surface area (Å²) in [5, 5.41) is 9.75. The minimum Gasteiger partial charge on any atom is -0.497 e. The molecule has 8 heteroatoms. The molecule has 0 aliphatic rings. The van der Waals surface area contributed by atoms with Gasteiger partial charge in [-0.3, -0.25) is 13.9 Å². The van der Waals surface area contributed by atoms with Crippen LogP contribution in [0.2, 0.25) is 0 Å². The number of methoxy groups -OCH3 is 1. The molecule has 30 heavy (non-hydrogen) atoms. The highest BCUT2D eigenvalue weighted by Gasteiger charge is 2.17. The standard InChI is InChI=1S/C22H24N4O2S2/c1-15(2)12-13-29-21-24-23-20(26(21)16-8-10-17(28-3)11-9-16)14-25-18-6-4-5-7-19(18)30-22(25)27/h4-11,15H,12-14H2,1-3H3. The van der Waals surface area contributed by atoms with Gasteiger partial charge in [0.1, 0.15) is 5.75 Å². The number of rotatable bonds is 8. The maximum Gasteiger partial charge on any atom is 0.308 e. The first-order chi connectivity index (χ1) is 14.6. The lowest BCUT2D eigenvalue weighted by atomic mass is 10.2. The third-order valence-electron chi connectivity index (χ3n) is 4.83. The molecule has 0 N–H and O–H groups in total. The molecule has 2 aromatic carbocycles. The second kappa shape index (κ2) is 9.06. The predicted molar refractivity (Wildman–Crippen MR) is 123 cm³/mol. The molecule has 6 nitrogen and oxygen atoms in total. The maximum absolute atomic E-state index is 12.6. The van der Waals surface area contributed by atoms with Gasteiger partial charge in [-0.05, 0) is 48.7 Å². The highest BCUT2D eigenvalue weighted by molar-refractivity contribution is 7.99. The topological polar surface area (TPSA) is 61.9 Å². The number of ether oxygens (including phenoxy) is 1. The van der Waals surface area contributed by atoms with E-state index in [1.807, 2.05) is 53.1 Å². The fraction of sp³-hybridized carbons (Fsp3) is 0.318. The van der Waals surface area contributed by atoms with Crippen molar-refractivity contribution in [1.82, 2.24) is 19.3 Å². The molecular formula is C22H24N4O2S2. The van der Waals surface area contributed by atoms with Gasteiger partial charge in [-0.25, -0.2) is 0 Å². The van der Waals surface area contributed by atoms with E-state index in [2.05, 4.69) is 24.0 Å². The van der Waals surface area contributed by atoms with Gasteiger partial charge in [-0.2, -0.15) is 0 Å². The smallest absolute Gasteiger partial charge is 0.308 e. The molecule has 4 rings (SSSR count). The molecule has 0 radical (unpaired) electrons. The van der Waals surface area contributed by atoms with E-state index < -0.39 is 0 Å². The number of aromatic nitrogens is 4. The summed E-state index contributed by atoms with van der Waals surface area (Å²) in [6, 6.07) is 15.7. The summed E-state index contributed by atoms with van der Waals surface area (Å²) in [6.45, 7) is 4.80. The summed E-state index contributed by atoms with van der Waals surface area (Å²) in [6.07, 6.45) is 1.10. The largest absolute Gasteiger partial charge is 0.497 e. The molecule has 2 aromatic heterocycles. The van der Waals surface area contributed by atoms with E-state index in [0.29, 0.717) is 12.5 Å². The molecule has 0 fully saturated rings. The lowest BCUT2D eigenvalue weighted by Gasteiger charge is -2.12. The van der Waals surface area contributed by atoms with Crippen LogP contribution in [-0.2, 0) is 6.54 Å². The maximum atomic E-state index is 12.6. The van der Waals surface area contributed by atoms with Crippen LogP contribution >= 0.6 is 23.1 Å². The van der Waals surface area contributed by atoms with Crippen molar-refractivity contribution in [2.75, 3.05) is 12.9 Å². The molecule has 0 aliphatic heterocycles. The van der Waals surface area contributed by atoms with Gasteiger partial charge < -0.3 is 4.74 Å². The summed E-state index contributed by atoms with van der Waals surface area (Å²) in [4.78, 5) is 12.6. The number of para-hydroxylation sites is 1. The second-order valence-corrected chi connectivity index (χ2v) is 9.44. The molecule has 0 bridgehead atoms. The van der Waals surface area contributed by atoms with Gasteiger partial charge in [-0.1, -0.05) is 49.1 Å². The summed E-state index contributed by atoms with van der Waals surface area (Å²) < 4.78 is 10.1. The van der Waals surface area contributed by atoms with Gasteiger partial charge in [0.25, 0.3) is 0 Å². The first-order valence-corrected chi connectivity index (χ1v) is 11.7. The number of hydrogen-bond donors (Lipinski definition) is 0. The Morgan fingerprint density at radius 3 is 2.60 bits per heavy atom. The molecule has 4 aromatic rings. The van der Waals surface area contributed by atoms with E-state index in [4.69, 9.17) is 4.74 Å². The third kappa shape index (κ3) is 4.29. The minimum absolute atomic E-state index is 0.00879. The van der Waals surface area contributed by atoms with Crippen molar-refractivity contribution in [3.05, 3.63) is 64.0 Å². The van der Waals surface area contributed by atoms with Crippen molar-refractivity contribution >= 4 is 33.3 Å². The number of hydrogen-bond acceptors (Lipinski definition) is 6. The molecule has 156 valence electrons. The predicted octanol–water partition coefficient (Wildman–Crippen LogP) is 4.84. The Bertz CT molecular complexity index is 1190. The lowest BCUT2D eigenvalue weighted by Crippen LogP contribution is -2.17. The zero-order valence-electron chi connectivity index (χ0n) is 17.2. The first kappa shape index (κ1) is 20.7. The third-order valence-corrected chi connectivity index (χ3v) is 6.75. The molecule has 0 amide bonds. The lowest BCUT2D eigenvalue weighted by molar-refractivity contribution is 0.414. The summed E-state index contributed by atoms with van der Waals surface area (Å²) >= 11 is 2.95. The van der Waals surface area contributed by atoms with Crippen LogP contribution in [0.4, 0.5) is 0 Å². The number of thiazole rings is 1. The van der Waals surface area contributed by atoms with Gasteiger partial charge in [0, 0.05) is 11.4 Å². The molecule has 0 aliphatic carbocycles. The van der Waals surface area contributed by atoms with E-state index in [1.54, 1.807) is 23.4 Å². The average Bonchev–Trinajstić information content (AvgIpc) is 3.29. The highest BCUT2D eigenvalue weighted by atomic mass is 32.2. The molecule has 2 heterocycles. The monoisotopic (exact) mass is 440 g/mol. The van der Waals surface area contributed by atoms with Crippen molar-refractivity contribution in [3.8, 4) is 11.4 Å². The van der Waals surface area contributed by atoms with E-state index in [0.717, 1.165) is 44.8 Å². The minimum atomic E-state index is 0.00879. The van der Waals surface area contributed by atoms with Gasteiger partial charge in [-0.15, -0.1) is 10.2 Å². The second-order valence-electron chi connectivity index (χ2n) is 7.39. The zero-order valence-corrected chi connectivity index (χ0v) is 18.9. The van der Waals surface area contributed by atoms with Crippen LogP contribution in [0.25, 0.3) is 15.9 Å². The van der Waals surface area contributed by atoms with Crippen molar-refractivity contribution in [3.63, 3.8) is 0 Å². The summed E-state index contributed by atoms with van der Waals surface area (Å²) in [5.74, 6) is 3.12. The van der Waals surface area contributed by atoms with Gasteiger partial charge in [0.15, 0.2) is 11.0 Å². The first-order valence-electron chi connectivity index (χ1n) is 9.86. The SMILES string of the molecule is COc1ccc(-n2c(Cn3c(=O)sc4ccccc43)nnc2SCCC(C)C)cc1. The summed E-state index contributed by atoms with van der Waals surface area (Å²) in [5.41, 5.74) is 1.88. The number of thioether (sulfide) groups is 1. The Labute approximate surface area is 183 Å². The average molecular weight is 441 g/mol. The Morgan fingerprint density at radius 2 is 1.87 bits per heavy atom. The van der Waals surface area contributed by atoms with Gasteiger partial charge in [0.2, 0.25) is 0 Å². The van der Waals surface area contributed by atoms with Gasteiger partial charge >= 0.3 is 4.87 Å². The number of benzene rings is 2. The molecule has 0 saturated heterocycles.